The second-order valence-electron chi connectivity index (χ2n) is 6.21. The van der Waals surface area contributed by atoms with Gasteiger partial charge in [-0.05, 0) is 46.0 Å². The van der Waals surface area contributed by atoms with Crippen LogP contribution in [-0.4, -0.2) is 40.8 Å². The first-order valence-corrected chi connectivity index (χ1v) is 8.24. The van der Waals surface area contributed by atoms with Crippen LogP contribution in [0, 0.1) is 6.92 Å². The Balaban J connectivity index is 1.98. The molecule has 1 aliphatic heterocycles. The summed E-state index contributed by atoms with van der Waals surface area (Å²) in [5, 5.41) is 13.0. The van der Waals surface area contributed by atoms with Crippen LogP contribution in [0.25, 0.3) is 0 Å². The van der Waals surface area contributed by atoms with Crippen LogP contribution in [0.5, 0.6) is 0 Å². The zero-order valence-electron chi connectivity index (χ0n) is 13.1. The quantitative estimate of drug-likeness (QED) is 0.872. The molecule has 2 aliphatic rings. The van der Waals surface area contributed by atoms with E-state index in [1.165, 1.54) is 25.7 Å². The van der Waals surface area contributed by atoms with Gasteiger partial charge >= 0.3 is 0 Å². The lowest BCUT2D eigenvalue weighted by Crippen LogP contribution is -2.43. The SMILES string of the molecule is CCNc1nc(C2CC2)nc(N2CCCCC2CO)c1C. The summed E-state index contributed by atoms with van der Waals surface area (Å²) in [6.07, 6.45) is 5.83. The minimum atomic E-state index is 0.203. The van der Waals surface area contributed by atoms with Crippen molar-refractivity contribution < 1.29 is 5.11 Å². The molecule has 2 fully saturated rings. The third-order valence-corrected chi connectivity index (χ3v) is 4.53. The number of nitrogens with one attached hydrogen (secondary N) is 1. The molecule has 0 radical (unpaired) electrons. The number of nitrogens with zero attached hydrogens (tertiary/aromatic N) is 3. The molecule has 2 heterocycles. The van der Waals surface area contributed by atoms with E-state index in [4.69, 9.17) is 9.97 Å². The number of aromatic nitrogens is 2. The summed E-state index contributed by atoms with van der Waals surface area (Å²) in [6.45, 7) is 6.24. The Kier molecular flexibility index (Phi) is 4.29. The molecule has 1 unspecified atom stereocenters. The topological polar surface area (TPSA) is 61.3 Å². The average molecular weight is 290 g/mol. The fraction of sp³-hybridized carbons (Fsp3) is 0.750. The van der Waals surface area contributed by atoms with E-state index in [1.807, 2.05) is 0 Å². The molecular weight excluding hydrogens is 264 g/mol. The van der Waals surface area contributed by atoms with Gasteiger partial charge in [0.25, 0.3) is 0 Å². The second kappa shape index (κ2) is 6.18. The standard InChI is InChI=1S/C16H26N4O/c1-3-17-14-11(2)16(19-15(18-14)12-7-8-12)20-9-5-4-6-13(20)10-21/h12-13,21H,3-10H2,1-2H3,(H,17,18,19). The minimum Gasteiger partial charge on any atom is -0.394 e. The molecule has 3 rings (SSSR count). The molecule has 5 heteroatoms. The number of piperidine rings is 1. The summed E-state index contributed by atoms with van der Waals surface area (Å²) in [7, 11) is 0. The molecule has 1 atom stereocenters. The van der Waals surface area contributed by atoms with Gasteiger partial charge in [-0.15, -0.1) is 0 Å². The molecule has 116 valence electrons. The molecule has 5 nitrogen and oxygen atoms in total. The van der Waals surface area contributed by atoms with Crippen molar-refractivity contribution in [1.29, 1.82) is 0 Å². The first-order valence-electron chi connectivity index (χ1n) is 8.24. The first-order chi connectivity index (χ1) is 10.2. The van der Waals surface area contributed by atoms with Gasteiger partial charge in [-0.2, -0.15) is 0 Å². The lowest BCUT2D eigenvalue weighted by Gasteiger charge is -2.36. The van der Waals surface area contributed by atoms with Crippen molar-refractivity contribution in [2.24, 2.45) is 0 Å². The maximum absolute atomic E-state index is 9.68. The van der Waals surface area contributed by atoms with Crippen LogP contribution in [0.1, 0.15) is 56.3 Å². The first kappa shape index (κ1) is 14.6. The van der Waals surface area contributed by atoms with Crippen LogP contribution in [0.4, 0.5) is 11.6 Å². The van der Waals surface area contributed by atoms with Crippen molar-refractivity contribution in [1.82, 2.24) is 9.97 Å². The van der Waals surface area contributed by atoms with Crippen molar-refractivity contribution in [3.63, 3.8) is 0 Å². The molecule has 2 N–H and O–H groups in total. The van der Waals surface area contributed by atoms with Gasteiger partial charge < -0.3 is 15.3 Å². The van der Waals surface area contributed by atoms with E-state index in [9.17, 15) is 5.11 Å². The van der Waals surface area contributed by atoms with E-state index in [0.717, 1.165) is 42.5 Å². The third kappa shape index (κ3) is 2.98. The van der Waals surface area contributed by atoms with Crippen molar-refractivity contribution in [2.75, 3.05) is 29.9 Å². The molecule has 1 aliphatic carbocycles. The molecule has 1 aromatic rings. The Bertz CT molecular complexity index is 501. The van der Waals surface area contributed by atoms with Crippen LogP contribution in [0.3, 0.4) is 0 Å². The molecular formula is C16H26N4O. The number of aliphatic hydroxyl groups is 1. The summed E-state index contributed by atoms with van der Waals surface area (Å²) < 4.78 is 0. The van der Waals surface area contributed by atoms with Gasteiger partial charge in [-0.25, -0.2) is 9.97 Å². The Hall–Kier alpha value is -1.36. The Morgan fingerprint density at radius 1 is 1.24 bits per heavy atom. The van der Waals surface area contributed by atoms with E-state index in [-0.39, 0.29) is 12.6 Å². The van der Waals surface area contributed by atoms with Crippen molar-refractivity contribution in [3.8, 4) is 0 Å². The highest BCUT2D eigenvalue weighted by molar-refractivity contribution is 5.59. The van der Waals surface area contributed by atoms with Gasteiger partial charge in [0.15, 0.2) is 0 Å². The Morgan fingerprint density at radius 2 is 2.05 bits per heavy atom. The molecule has 1 saturated heterocycles. The van der Waals surface area contributed by atoms with Crippen molar-refractivity contribution in [2.45, 2.75) is 57.9 Å². The maximum atomic E-state index is 9.68. The summed E-state index contributed by atoms with van der Waals surface area (Å²) in [4.78, 5) is 11.9. The zero-order chi connectivity index (χ0) is 14.8. The lowest BCUT2D eigenvalue weighted by atomic mass is 10.0. The van der Waals surface area contributed by atoms with E-state index in [2.05, 4.69) is 24.1 Å². The molecule has 1 aromatic heterocycles. The van der Waals surface area contributed by atoms with Crippen LogP contribution in [0.15, 0.2) is 0 Å². The smallest absolute Gasteiger partial charge is 0.137 e. The fourth-order valence-electron chi connectivity index (χ4n) is 3.13. The summed E-state index contributed by atoms with van der Waals surface area (Å²) >= 11 is 0. The highest BCUT2D eigenvalue weighted by Crippen LogP contribution is 2.40. The Labute approximate surface area is 126 Å². The highest BCUT2D eigenvalue weighted by Gasteiger charge is 2.31. The predicted molar refractivity (Wildman–Crippen MR) is 85.0 cm³/mol. The van der Waals surface area contributed by atoms with Crippen LogP contribution < -0.4 is 10.2 Å². The molecule has 0 amide bonds. The zero-order valence-corrected chi connectivity index (χ0v) is 13.1. The maximum Gasteiger partial charge on any atom is 0.137 e. The number of aliphatic hydroxyl groups excluding tert-OH is 1. The number of anilines is 2. The summed E-state index contributed by atoms with van der Waals surface area (Å²) in [5.41, 5.74) is 1.11. The average Bonchev–Trinajstić information content (AvgIpc) is 3.34. The lowest BCUT2D eigenvalue weighted by molar-refractivity contribution is 0.239. The van der Waals surface area contributed by atoms with Crippen LogP contribution in [0.2, 0.25) is 0 Å². The third-order valence-electron chi connectivity index (χ3n) is 4.53. The second-order valence-corrected chi connectivity index (χ2v) is 6.21. The molecule has 1 saturated carbocycles. The van der Waals surface area contributed by atoms with Crippen molar-refractivity contribution >= 4 is 11.6 Å². The summed E-state index contributed by atoms with van der Waals surface area (Å²) in [6, 6.07) is 0.203. The molecule has 21 heavy (non-hydrogen) atoms. The highest BCUT2D eigenvalue weighted by atomic mass is 16.3. The summed E-state index contributed by atoms with van der Waals surface area (Å²) in [5.74, 6) is 3.51. The molecule has 0 bridgehead atoms. The van der Waals surface area contributed by atoms with E-state index in [1.54, 1.807) is 0 Å². The Morgan fingerprint density at radius 3 is 2.71 bits per heavy atom. The molecule has 0 aromatic carbocycles. The predicted octanol–water partition coefficient (Wildman–Crippen LogP) is 2.45. The van der Waals surface area contributed by atoms with Gasteiger partial charge in [0, 0.05) is 24.6 Å². The van der Waals surface area contributed by atoms with E-state index < -0.39 is 0 Å². The monoisotopic (exact) mass is 290 g/mol. The fourth-order valence-corrected chi connectivity index (χ4v) is 3.13. The van der Waals surface area contributed by atoms with Crippen LogP contribution >= 0.6 is 0 Å². The van der Waals surface area contributed by atoms with Gasteiger partial charge in [0.2, 0.25) is 0 Å². The van der Waals surface area contributed by atoms with Gasteiger partial charge in [-0.3, -0.25) is 0 Å². The largest absolute Gasteiger partial charge is 0.394 e. The van der Waals surface area contributed by atoms with E-state index >= 15 is 0 Å². The number of rotatable bonds is 5. The normalized spacial score (nSPS) is 22.4. The van der Waals surface area contributed by atoms with Gasteiger partial charge in [0.05, 0.1) is 12.6 Å². The number of hydrogen-bond donors (Lipinski definition) is 2. The van der Waals surface area contributed by atoms with Crippen molar-refractivity contribution in [3.05, 3.63) is 11.4 Å². The van der Waals surface area contributed by atoms with E-state index in [0.29, 0.717) is 5.92 Å². The van der Waals surface area contributed by atoms with Crippen LogP contribution in [-0.2, 0) is 0 Å². The number of hydrogen-bond acceptors (Lipinski definition) is 5. The van der Waals surface area contributed by atoms with Gasteiger partial charge in [-0.1, -0.05) is 0 Å². The van der Waals surface area contributed by atoms with Gasteiger partial charge in [0.1, 0.15) is 17.5 Å². The minimum absolute atomic E-state index is 0.203. The molecule has 0 spiro atoms.